The van der Waals surface area contributed by atoms with Crippen molar-refractivity contribution in [2.75, 3.05) is 56.2 Å². The number of aromatic nitrogens is 2. The molecular formula is C35H39N5O4. The molecule has 3 aliphatic heterocycles. The summed E-state index contributed by atoms with van der Waals surface area (Å²) in [4.78, 5) is 24.9. The number of para-hydroxylation sites is 1. The van der Waals surface area contributed by atoms with Crippen LogP contribution in [0.1, 0.15) is 36.6 Å². The number of piperidine rings is 1. The lowest BCUT2D eigenvalue weighted by Crippen LogP contribution is -2.38. The van der Waals surface area contributed by atoms with Crippen LogP contribution in [0.4, 0.5) is 11.4 Å². The largest absolute Gasteiger partial charge is 0.494 e. The van der Waals surface area contributed by atoms with Crippen molar-refractivity contribution in [1.29, 1.82) is 0 Å². The number of anilines is 2. The Morgan fingerprint density at radius 1 is 1.00 bits per heavy atom. The van der Waals surface area contributed by atoms with Crippen LogP contribution >= 0.6 is 0 Å². The number of hydrogen-bond donors (Lipinski definition) is 2. The molecule has 0 bridgehead atoms. The molecule has 9 heteroatoms. The zero-order chi connectivity index (χ0) is 29.9. The molecule has 0 radical (unpaired) electrons. The minimum absolute atomic E-state index is 0.119. The first-order valence-corrected chi connectivity index (χ1v) is 15.7. The maximum atomic E-state index is 12.7. The Kier molecular flexibility index (Phi) is 8.22. The summed E-state index contributed by atoms with van der Waals surface area (Å²) >= 11 is 0. The van der Waals surface area contributed by atoms with Crippen molar-refractivity contribution in [3.63, 3.8) is 0 Å². The average Bonchev–Trinajstić information content (AvgIpc) is 3.05. The van der Waals surface area contributed by atoms with E-state index in [1.807, 2.05) is 43.5 Å². The zero-order valence-electron chi connectivity index (χ0n) is 25.2. The number of likely N-dealkylation sites (tertiary alicyclic amines) is 1. The number of fused-ring (bicyclic) bond motifs is 2. The van der Waals surface area contributed by atoms with E-state index in [0.29, 0.717) is 25.9 Å². The van der Waals surface area contributed by atoms with E-state index in [1.165, 1.54) is 0 Å². The Morgan fingerprint density at radius 2 is 1.86 bits per heavy atom. The van der Waals surface area contributed by atoms with Gasteiger partial charge in [0.15, 0.2) is 0 Å². The molecule has 2 saturated heterocycles. The molecule has 2 fully saturated rings. The molecule has 0 amide bonds. The summed E-state index contributed by atoms with van der Waals surface area (Å²) in [6.07, 6.45) is 4.76. The number of pyridine rings is 2. The van der Waals surface area contributed by atoms with E-state index < -0.39 is 0 Å². The molecule has 4 aromatic rings. The van der Waals surface area contributed by atoms with Crippen molar-refractivity contribution in [3.8, 4) is 28.5 Å². The van der Waals surface area contributed by atoms with Gasteiger partial charge in [-0.1, -0.05) is 12.1 Å². The van der Waals surface area contributed by atoms with Gasteiger partial charge in [0, 0.05) is 86.0 Å². The number of aromatic amines is 1. The average molecular weight is 594 g/mol. The molecule has 5 heterocycles. The molecule has 7 rings (SSSR count). The van der Waals surface area contributed by atoms with E-state index >= 15 is 0 Å². The standard InChI is InChI=1S/C35H39N5O4/c1-2-43-30-8-11-36-28(20-30)23-39-12-9-26(10-13-39)37-27-6-7-33-25(19-27)18-24-4-3-5-31(35(24)44-33)32-21-29(22-34(41)38-32)40-14-16-42-17-15-40/h3-8,11,19-22,26,37H,2,9-10,12-18,23H2,1H3,(H,38,41). The van der Waals surface area contributed by atoms with Crippen LogP contribution in [-0.2, 0) is 17.7 Å². The molecule has 3 aliphatic rings. The van der Waals surface area contributed by atoms with Crippen LogP contribution in [0.25, 0.3) is 11.3 Å². The summed E-state index contributed by atoms with van der Waals surface area (Å²) in [5, 5.41) is 3.77. The van der Waals surface area contributed by atoms with Gasteiger partial charge in [0.1, 0.15) is 17.2 Å². The van der Waals surface area contributed by atoms with E-state index in [0.717, 1.165) is 109 Å². The quantitative estimate of drug-likeness (QED) is 0.246. The zero-order valence-corrected chi connectivity index (χ0v) is 25.2. The van der Waals surface area contributed by atoms with Gasteiger partial charge in [-0.2, -0.15) is 0 Å². The number of ether oxygens (including phenoxy) is 3. The number of benzene rings is 2. The molecule has 0 atom stereocenters. The molecule has 0 saturated carbocycles. The van der Waals surface area contributed by atoms with Gasteiger partial charge in [-0.15, -0.1) is 0 Å². The first-order chi connectivity index (χ1) is 21.6. The van der Waals surface area contributed by atoms with E-state index in [4.69, 9.17) is 14.2 Å². The fraction of sp³-hybridized carbons (Fsp3) is 0.371. The molecule has 2 aromatic heterocycles. The number of nitrogens with one attached hydrogen (secondary N) is 2. The number of H-pyrrole nitrogens is 1. The van der Waals surface area contributed by atoms with Gasteiger partial charge in [-0.3, -0.25) is 14.7 Å². The number of nitrogens with zero attached hydrogens (tertiary/aromatic N) is 3. The SMILES string of the molecule is CCOc1ccnc(CN2CCC(Nc3ccc4c(c3)Cc3cccc(-c5cc(N6CCOCC6)cc(=O)[nH]5)c3O4)CC2)c1. The highest BCUT2D eigenvalue weighted by Crippen LogP contribution is 2.43. The maximum Gasteiger partial charge on any atom is 0.250 e. The minimum atomic E-state index is -0.119. The third kappa shape index (κ3) is 6.30. The number of hydrogen-bond acceptors (Lipinski definition) is 8. The van der Waals surface area contributed by atoms with Crippen molar-refractivity contribution in [2.24, 2.45) is 0 Å². The molecule has 228 valence electrons. The van der Waals surface area contributed by atoms with Gasteiger partial charge in [0.05, 0.1) is 31.2 Å². The maximum absolute atomic E-state index is 12.7. The van der Waals surface area contributed by atoms with Gasteiger partial charge in [-0.25, -0.2) is 0 Å². The molecule has 0 unspecified atom stereocenters. The first-order valence-electron chi connectivity index (χ1n) is 15.7. The van der Waals surface area contributed by atoms with Crippen molar-refractivity contribution < 1.29 is 14.2 Å². The Balaban J connectivity index is 1.01. The smallest absolute Gasteiger partial charge is 0.250 e. The van der Waals surface area contributed by atoms with Gasteiger partial charge >= 0.3 is 0 Å². The first kappa shape index (κ1) is 28.4. The highest BCUT2D eigenvalue weighted by atomic mass is 16.5. The van der Waals surface area contributed by atoms with Crippen LogP contribution in [-0.4, -0.2) is 66.9 Å². The van der Waals surface area contributed by atoms with Gasteiger partial charge in [0.25, 0.3) is 0 Å². The fourth-order valence-corrected chi connectivity index (χ4v) is 6.46. The Bertz CT molecular complexity index is 1670. The van der Waals surface area contributed by atoms with Crippen LogP contribution in [0.5, 0.6) is 17.2 Å². The molecule has 2 N–H and O–H groups in total. The highest BCUT2D eigenvalue weighted by Gasteiger charge is 2.24. The van der Waals surface area contributed by atoms with E-state index in [9.17, 15) is 4.79 Å². The van der Waals surface area contributed by atoms with Crippen molar-refractivity contribution in [2.45, 2.75) is 38.8 Å². The predicted molar refractivity (Wildman–Crippen MR) is 172 cm³/mol. The lowest BCUT2D eigenvalue weighted by molar-refractivity contribution is 0.122. The second-order valence-corrected chi connectivity index (χ2v) is 11.7. The molecule has 2 aromatic carbocycles. The minimum Gasteiger partial charge on any atom is -0.494 e. The molecule has 0 aliphatic carbocycles. The predicted octanol–water partition coefficient (Wildman–Crippen LogP) is 5.45. The second kappa shape index (κ2) is 12.7. The summed E-state index contributed by atoms with van der Waals surface area (Å²) in [5.74, 6) is 2.56. The van der Waals surface area contributed by atoms with Gasteiger partial charge in [0.2, 0.25) is 5.56 Å². The van der Waals surface area contributed by atoms with Crippen molar-refractivity contribution in [1.82, 2.24) is 14.9 Å². The van der Waals surface area contributed by atoms with Gasteiger partial charge in [-0.05, 0) is 61.7 Å². The van der Waals surface area contributed by atoms with E-state index in [1.54, 1.807) is 6.07 Å². The molecule has 0 spiro atoms. The molecule has 44 heavy (non-hydrogen) atoms. The second-order valence-electron chi connectivity index (χ2n) is 11.7. The summed E-state index contributed by atoms with van der Waals surface area (Å²) < 4.78 is 17.7. The van der Waals surface area contributed by atoms with Crippen molar-refractivity contribution in [3.05, 3.63) is 94.0 Å². The topological polar surface area (TPSA) is 92.0 Å². The van der Waals surface area contributed by atoms with Gasteiger partial charge < -0.3 is 29.4 Å². The normalized spacial score (nSPS) is 17.0. The van der Waals surface area contributed by atoms with E-state index in [2.05, 4.69) is 49.4 Å². The Hall–Kier alpha value is -4.34. The highest BCUT2D eigenvalue weighted by molar-refractivity contribution is 5.74. The van der Waals surface area contributed by atoms with E-state index in [-0.39, 0.29) is 5.56 Å². The van der Waals surface area contributed by atoms with Crippen LogP contribution in [0.15, 0.2) is 71.7 Å². The molecular weight excluding hydrogens is 554 g/mol. The number of morpholine rings is 1. The summed E-state index contributed by atoms with van der Waals surface area (Å²) in [6, 6.07) is 20.7. The lowest BCUT2D eigenvalue weighted by Gasteiger charge is -2.33. The fourth-order valence-electron chi connectivity index (χ4n) is 6.46. The third-order valence-electron chi connectivity index (χ3n) is 8.69. The summed E-state index contributed by atoms with van der Waals surface area (Å²) in [7, 11) is 0. The number of rotatable bonds is 8. The Morgan fingerprint density at radius 3 is 2.70 bits per heavy atom. The van der Waals surface area contributed by atoms with Crippen LogP contribution in [0.2, 0.25) is 0 Å². The monoisotopic (exact) mass is 593 g/mol. The van der Waals surface area contributed by atoms with Crippen LogP contribution in [0.3, 0.4) is 0 Å². The summed E-state index contributed by atoms with van der Waals surface area (Å²) in [5.41, 5.74) is 6.90. The van der Waals surface area contributed by atoms with Crippen LogP contribution in [0, 0.1) is 0 Å². The van der Waals surface area contributed by atoms with Crippen molar-refractivity contribution >= 4 is 11.4 Å². The van der Waals surface area contributed by atoms with Crippen LogP contribution < -0.4 is 25.2 Å². The third-order valence-corrected chi connectivity index (χ3v) is 8.69. The lowest BCUT2D eigenvalue weighted by atomic mass is 9.95. The summed E-state index contributed by atoms with van der Waals surface area (Å²) in [6.45, 7) is 8.44. The molecule has 9 nitrogen and oxygen atoms in total. The Labute approximate surface area is 257 Å².